The van der Waals surface area contributed by atoms with Crippen LogP contribution in [0.15, 0.2) is 76.0 Å². The fraction of sp³-hybridized carbons (Fsp3) is 0.0909. The number of nitrogens with one attached hydrogen (secondary N) is 1. The number of nitrogens with zero attached hydrogens (tertiary/aromatic N) is 1. The lowest BCUT2D eigenvalue weighted by Crippen LogP contribution is -2.13. The molecule has 2 aromatic carbocycles. The predicted octanol–water partition coefficient (Wildman–Crippen LogP) is 5.78. The van der Waals surface area contributed by atoms with Gasteiger partial charge in [0.05, 0.1) is 11.1 Å². The summed E-state index contributed by atoms with van der Waals surface area (Å²) in [4.78, 5) is 18.8. The van der Waals surface area contributed by atoms with Gasteiger partial charge >= 0.3 is 0 Å². The lowest BCUT2D eigenvalue weighted by molar-refractivity contribution is 0.102. The molecule has 4 aromatic rings. The number of para-hydroxylation sites is 1. The molecule has 5 heteroatoms. The predicted molar refractivity (Wildman–Crippen MR) is 110 cm³/mol. The highest BCUT2D eigenvalue weighted by Gasteiger charge is 2.15. The molecule has 1 amide bonds. The van der Waals surface area contributed by atoms with Crippen LogP contribution >= 0.6 is 11.8 Å². The maximum Gasteiger partial charge on any atom is 0.256 e. The molecule has 0 unspecified atom stereocenters. The summed E-state index contributed by atoms with van der Waals surface area (Å²) >= 11 is 1.64. The highest BCUT2D eigenvalue weighted by molar-refractivity contribution is 7.98. The Morgan fingerprint density at radius 3 is 2.67 bits per heavy atom. The summed E-state index contributed by atoms with van der Waals surface area (Å²) in [7, 11) is 0. The number of thioether (sulfide) groups is 1. The number of furan rings is 1. The van der Waals surface area contributed by atoms with Crippen LogP contribution in [0.1, 0.15) is 16.1 Å². The topological polar surface area (TPSA) is 55.1 Å². The summed E-state index contributed by atoms with van der Waals surface area (Å²) in [6, 6.07) is 21.0. The van der Waals surface area contributed by atoms with Gasteiger partial charge in [0.25, 0.3) is 5.91 Å². The van der Waals surface area contributed by atoms with E-state index < -0.39 is 0 Å². The number of amides is 1. The molecule has 0 saturated carbocycles. The van der Waals surface area contributed by atoms with Gasteiger partial charge in [-0.1, -0.05) is 24.3 Å². The summed E-state index contributed by atoms with van der Waals surface area (Å²) < 4.78 is 5.70. The molecule has 0 fully saturated rings. The van der Waals surface area contributed by atoms with E-state index in [1.807, 2.05) is 73.8 Å². The van der Waals surface area contributed by atoms with Crippen LogP contribution < -0.4 is 5.32 Å². The molecule has 0 aliphatic rings. The van der Waals surface area contributed by atoms with Gasteiger partial charge in [0.2, 0.25) is 0 Å². The molecule has 1 N–H and O–H groups in total. The highest BCUT2D eigenvalue weighted by atomic mass is 32.2. The Kier molecular flexibility index (Phi) is 4.69. The SMILES string of the molecule is CSc1cccc(NC(=O)c2cc(-c3ccc(C)o3)nc3ccccc23)c1. The van der Waals surface area contributed by atoms with Crippen molar-refractivity contribution in [3.8, 4) is 11.5 Å². The maximum absolute atomic E-state index is 13.0. The number of rotatable bonds is 4. The third-order valence-corrected chi connectivity index (χ3v) is 5.01. The van der Waals surface area contributed by atoms with E-state index >= 15 is 0 Å². The first kappa shape index (κ1) is 17.4. The van der Waals surface area contributed by atoms with Crippen LogP contribution in [0, 0.1) is 6.92 Å². The van der Waals surface area contributed by atoms with E-state index in [9.17, 15) is 4.79 Å². The molecule has 2 aromatic heterocycles. The van der Waals surface area contributed by atoms with E-state index in [1.165, 1.54) is 0 Å². The molecule has 4 rings (SSSR count). The maximum atomic E-state index is 13.0. The van der Waals surface area contributed by atoms with Crippen LogP contribution in [0.25, 0.3) is 22.4 Å². The minimum atomic E-state index is -0.170. The third kappa shape index (κ3) is 3.59. The molecular formula is C22H18N2O2S. The van der Waals surface area contributed by atoms with Crippen molar-refractivity contribution in [1.82, 2.24) is 4.98 Å². The van der Waals surface area contributed by atoms with Gasteiger partial charge in [0.1, 0.15) is 11.5 Å². The Bertz CT molecular complexity index is 1130. The van der Waals surface area contributed by atoms with Crippen LogP contribution in [0.4, 0.5) is 5.69 Å². The van der Waals surface area contributed by atoms with Crippen molar-refractivity contribution in [3.05, 3.63) is 78.1 Å². The number of fused-ring (bicyclic) bond motifs is 1. The number of aromatic nitrogens is 1. The molecule has 0 aliphatic carbocycles. The van der Waals surface area contributed by atoms with E-state index in [4.69, 9.17) is 4.42 Å². The highest BCUT2D eigenvalue weighted by Crippen LogP contribution is 2.27. The Balaban J connectivity index is 1.78. The molecule has 0 spiro atoms. The normalized spacial score (nSPS) is 10.9. The first-order valence-corrected chi connectivity index (χ1v) is 9.78. The van der Waals surface area contributed by atoms with E-state index in [0.29, 0.717) is 17.0 Å². The molecule has 0 radical (unpaired) electrons. The van der Waals surface area contributed by atoms with Crippen molar-refractivity contribution in [2.24, 2.45) is 0 Å². The van der Waals surface area contributed by atoms with Gasteiger partial charge < -0.3 is 9.73 Å². The summed E-state index contributed by atoms with van der Waals surface area (Å²) in [5.41, 5.74) is 2.74. The number of hydrogen-bond acceptors (Lipinski definition) is 4. The zero-order valence-corrected chi connectivity index (χ0v) is 15.8. The Morgan fingerprint density at radius 1 is 1.04 bits per heavy atom. The number of hydrogen-bond donors (Lipinski definition) is 1. The average molecular weight is 374 g/mol. The molecule has 0 atom stereocenters. The van der Waals surface area contributed by atoms with Crippen molar-refractivity contribution >= 4 is 34.3 Å². The van der Waals surface area contributed by atoms with Crippen LogP contribution in [-0.4, -0.2) is 17.1 Å². The molecule has 4 nitrogen and oxygen atoms in total. The van der Waals surface area contributed by atoms with Gasteiger partial charge in [-0.3, -0.25) is 4.79 Å². The molecule has 0 saturated heterocycles. The third-order valence-electron chi connectivity index (χ3n) is 4.28. The van der Waals surface area contributed by atoms with Crippen LogP contribution in [0.2, 0.25) is 0 Å². The first-order chi connectivity index (χ1) is 13.1. The van der Waals surface area contributed by atoms with Crippen molar-refractivity contribution in [2.75, 3.05) is 11.6 Å². The van der Waals surface area contributed by atoms with Crippen molar-refractivity contribution in [3.63, 3.8) is 0 Å². The van der Waals surface area contributed by atoms with Gasteiger partial charge in [-0.25, -0.2) is 4.98 Å². The lowest BCUT2D eigenvalue weighted by Gasteiger charge is -2.10. The van der Waals surface area contributed by atoms with E-state index in [0.717, 1.165) is 27.2 Å². The molecule has 27 heavy (non-hydrogen) atoms. The Hall–Kier alpha value is -3.05. The quantitative estimate of drug-likeness (QED) is 0.460. The van der Waals surface area contributed by atoms with Gasteiger partial charge in [-0.05, 0) is 55.6 Å². The average Bonchev–Trinajstić information content (AvgIpc) is 3.13. The molecular weight excluding hydrogens is 356 g/mol. The van der Waals surface area contributed by atoms with Crippen molar-refractivity contribution in [2.45, 2.75) is 11.8 Å². The Morgan fingerprint density at radius 2 is 1.89 bits per heavy atom. The van der Waals surface area contributed by atoms with Gasteiger partial charge in [0, 0.05) is 16.0 Å². The summed E-state index contributed by atoms with van der Waals surface area (Å²) in [5.74, 6) is 1.29. The number of pyridine rings is 1. The number of carbonyl (C=O) groups excluding carboxylic acids is 1. The van der Waals surface area contributed by atoms with E-state index in [1.54, 1.807) is 17.8 Å². The lowest BCUT2D eigenvalue weighted by atomic mass is 10.1. The fourth-order valence-corrected chi connectivity index (χ4v) is 3.42. The second-order valence-corrected chi connectivity index (χ2v) is 7.05. The molecule has 0 bridgehead atoms. The fourth-order valence-electron chi connectivity index (χ4n) is 2.96. The Labute approximate surface area is 161 Å². The zero-order chi connectivity index (χ0) is 18.8. The van der Waals surface area contributed by atoms with Gasteiger partial charge in [0.15, 0.2) is 5.76 Å². The van der Waals surface area contributed by atoms with Crippen LogP contribution in [-0.2, 0) is 0 Å². The first-order valence-electron chi connectivity index (χ1n) is 8.56. The summed E-state index contributed by atoms with van der Waals surface area (Å²) in [6.45, 7) is 1.89. The summed E-state index contributed by atoms with van der Waals surface area (Å²) in [5, 5.41) is 3.81. The van der Waals surface area contributed by atoms with E-state index in [2.05, 4.69) is 10.3 Å². The van der Waals surface area contributed by atoms with Crippen LogP contribution in [0.5, 0.6) is 0 Å². The second kappa shape index (κ2) is 7.29. The molecule has 2 heterocycles. The number of anilines is 1. The number of aryl methyl sites for hydroxylation is 1. The van der Waals surface area contributed by atoms with Crippen molar-refractivity contribution < 1.29 is 9.21 Å². The summed E-state index contributed by atoms with van der Waals surface area (Å²) in [6.07, 6.45) is 2.01. The monoisotopic (exact) mass is 374 g/mol. The van der Waals surface area contributed by atoms with Crippen LogP contribution in [0.3, 0.4) is 0 Å². The standard InChI is InChI=1S/C22H18N2O2S/c1-14-10-11-21(26-14)20-13-18(17-8-3-4-9-19(17)24-20)22(25)23-15-6-5-7-16(12-15)27-2/h3-13H,1-2H3,(H,23,25). The number of carbonyl (C=O) groups is 1. The minimum Gasteiger partial charge on any atom is -0.460 e. The zero-order valence-electron chi connectivity index (χ0n) is 15.0. The molecule has 0 aliphatic heterocycles. The number of benzene rings is 2. The second-order valence-electron chi connectivity index (χ2n) is 6.17. The minimum absolute atomic E-state index is 0.170. The molecule has 134 valence electrons. The smallest absolute Gasteiger partial charge is 0.256 e. The van der Waals surface area contributed by atoms with Crippen molar-refractivity contribution in [1.29, 1.82) is 0 Å². The van der Waals surface area contributed by atoms with Gasteiger partial charge in [-0.2, -0.15) is 0 Å². The van der Waals surface area contributed by atoms with E-state index in [-0.39, 0.29) is 5.91 Å². The van der Waals surface area contributed by atoms with Gasteiger partial charge in [-0.15, -0.1) is 11.8 Å². The largest absolute Gasteiger partial charge is 0.460 e.